The van der Waals surface area contributed by atoms with Crippen molar-refractivity contribution in [2.45, 2.75) is 12.5 Å². The Kier molecular flexibility index (Phi) is 5.77. The molecule has 0 bridgehead atoms. The fourth-order valence-corrected chi connectivity index (χ4v) is 2.57. The molecule has 1 atom stereocenters. The van der Waals surface area contributed by atoms with Crippen molar-refractivity contribution in [1.82, 2.24) is 9.88 Å². The number of carbonyl (C=O) groups is 1. The van der Waals surface area contributed by atoms with Crippen LogP contribution in [0, 0.1) is 0 Å². The Balaban J connectivity index is 2.00. The molecule has 1 aromatic heterocycles. The summed E-state index contributed by atoms with van der Waals surface area (Å²) >= 11 is 11.8. The number of pyridine rings is 1. The molecule has 1 heterocycles. The van der Waals surface area contributed by atoms with Crippen LogP contribution in [0.15, 0.2) is 42.6 Å². The first-order chi connectivity index (χ1) is 10.5. The van der Waals surface area contributed by atoms with Crippen LogP contribution in [0.4, 0.5) is 0 Å². The van der Waals surface area contributed by atoms with Crippen LogP contribution in [0.2, 0.25) is 10.0 Å². The summed E-state index contributed by atoms with van der Waals surface area (Å²) in [5.41, 5.74) is 1.27. The fourth-order valence-electron chi connectivity index (χ4n) is 2.02. The van der Waals surface area contributed by atoms with Gasteiger partial charge in [-0.1, -0.05) is 29.3 Å². The number of aliphatic hydroxyl groups excluding tert-OH is 1. The van der Waals surface area contributed by atoms with Gasteiger partial charge in [0.2, 0.25) is 0 Å². The van der Waals surface area contributed by atoms with Gasteiger partial charge in [-0.05, 0) is 35.9 Å². The first-order valence-corrected chi connectivity index (χ1v) is 7.52. The van der Waals surface area contributed by atoms with E-state index in [0.29, 0.717) is 28.6 Å². The number of hydrogen-bond acceptors (Lipinski definition) is 3. The number of carbonyl (C=O) groups excluding carboxylic acids is 1. The smallest absolute Gasteiger partial charge is 0.255 e. The Morgan fingerprint density at radius 2 is 1.95 bits per heavy atom. The molecule has 0 fully saturated rings. The van der Waals surface area contributed by atoms with E-state index in [9.17, 15) is 9.90 Å². The number of benzene rings is 1. The Labute approximate surface area is 139 Å². The molecule has 0 radical (unpaired) electrons. The summed E-state index contributed by atoms with van der Waals surface area (Å²) in [6, 6.07) is 10.2. The summed E-state index contributed by atoms with van der Waals surface area (Å²) in [4.78, 5) is 17.9. The van der Waals surface area contributed by atoms with Gasteiger partial charge in [-0.2, -0.15) is 0 Å². The molecule has 1 amide bonds. The van der Waals surface area contributed by atoms with Crippen molar-refractivity contribution in [2.24, 2.45) is 0 Å². The molecule has 0 aliphatic rings. The molecule has 6 heteroatoms. The van der Waals surface area contributed by atoms with E-state index in [-0.39, 0.29) is 0 Å². The van der Waals surface area contributed by atoms with E-state index >= 15 is 0 Å². The standard InChI is InChI=1S/C16H16Cl2N2O2/c1-20(7-5-14-4-2-3-6-19-14)16(22)15(21)11-8-12(17)10-13(18)9-11/h2-4,6,8-10,15,21H,5,7H2,1H3/t15-/m1/s1. The van der Waals surface area contributed by atoms with Crippen molar-refractivity contribution in [1.29, 1.82) is 0 Å². The van der Waals surface area contributed by atoms with Crippen molar-refractivity contribution in [3.8, 4) is 0 Å². The van der Waals surface area contributed by atoms with Crippen molar-refractivity contribution in [2.75, 3.05) is 13.6 Å². The number of aromatic nitrogens is 1. The quantitative estimate of drug-likeness (QED) is 0.911. The van der Waals surface area contributed by atoms with Gasteiger partial charge in [0, 0.05) is 41.9 Å². The third kappa shape index (κ3) is 4.44. The largest absolute Gasteiger partial charge is 0.378 e. The van der Waals surface area contributed by atoms with Gasteiger partial charge in [0.25, 0.3) is 5.91 Å². The van der Waals surface area contributed by atoms with E-state index in [1.54, 1.807) is 19.3 Å². The van der Waals surface area contributed by atoms with E-state index < -0.39 is 12.0 Å². The molecule has 0 saturated carbocycles. The minimum Gasteiger partial charge on any atom is -0.378 e. The van der Waals surface area contributed by atoms with Crippen molar-refractivity contribution < 1.29 is 9.90 Å². The topological polar surface area (TPSA) is 53.4 Å². The zero-order chi connectivity index (χ0) is 16.1. The highest BCUT2D eigenvalue weighted by Gasteiger charge is 2.22. The van der Waals surface area contributed by atoms with E-state index in [1.807, 2.05) is 18.2 Å². The number of likely N-dealkylation sites (N-methyl/N-ethyl adjacent to an activating group) is 1. The maximum Gasteiger partial charge on any atom is 0.255 e. The Hall–Kier alpha value is -1.62. The van der Waals surface area contributed by atoms with Gasteiger partial charge in [0.15, 0.2) is 6.10 Å². The molecule has 0 unspecified atom stereocenters. The second-order valence-corrected chi connectivity index (χ2v) is 5.81. The van der Waals surface area contributed by atoms with Crippen molar-refractivity contribution in [3.05, 3.63) is 63.9 Å². The zero-order valence-electron chi connectivity index (χ0n) is 12.0. The average Bonchev–Trinajstić information content (AvgIpc) is 2.51. The fraction of sp³-hybridized carbons (Fsp3) is 0.250. The number of rotatable bonds is 5. The molecule has 1 N–H and O–H groups in total. The normalized spacial score (nSPS) is 12.0. The molecular weight excluding hydrogens is 323 g/mol. The van der Waals surface area contributed by atoms with E-state index in [0.717, 1.165) is 5.69 Å². The number of hydrogen-bond donors (Lipinski definition) is 1. The van der Waals surface area contributed by atoms with E-state index in [4.69, 9.17) is 23.2 Å². The van der Waals surface area contributed by atoms with Gasteiger partial charge in [0.1, 0.15) is 0 Å². The summed E-state index contributed by atoms with van der Waals surface area (Å²) < 4.78 is 0. The Bertz CT molecular complexity index is 630. The van der Waals surface area contributed by atoms with Crippen LogP contribution in [0.3, 0.4) is 0 Å². The highest BCUT2D eigenvalue weighted by molar-refractivity contribution is 6.34. The molecule has 2 rings (SSSR count). The Morgan fingerprint density at radius 1 is 1.27 bits per heavy atom. The molecule has 1 aromatic carbocycles. The molecule has 2 aromatic rings. The molecular formula is C16H16Cl2N2O2. The maximum absolute atomic E-state index is 12.3. The second kappa shape index (κ2) is 7.58. The molecule has 0 spiro atoms. The number of halogens is 2. The first kappa shape index (κ1) is 16.7. The predicted molar refractivity (Wildman–Crippen MR) is 87.0 cm³/mol. The van der Waals surface area contributed by atoms with Crippen LogP contribution in [-0.2, 0) is 11.2 Å². The van der Waals surface area contributed by atoms with E-state index in [1.165, 1.54) is 17.0 Å². The summed E-state index contributed by atoms with van der Waals surface area (Å²) in [5, 5.41) is 10.9. The van der Waals surface area contributed by atoms with Gasteiger partial charge < -0.3 is 10.0 Å². The summed E-state index contributed by atoms with van der Waals surface area (Å²) in [7, 11) is 1.64. The highest BCUT2D eigenvalue weighted by Crippen LogP contribution is 2.24. The predicted octanol–water partition coefficient (Wildman–Crippen LogP) is 3.12. The molecule has 0 aliphatic carbocycles. The molecule has 116 valence electrons. The van der Waals surface area contributed by atoms with E-state index in [2.05, 4.69) is 4.98 Å². The van der Waals surface area contributed by atoms with Crippen LogP contribution >= 0.6 is 23.2 Å². The molecule has 4 nitrogen and oxygen atoms in total. The minimum atomic E-state index is -1.29. The van der Waals surface area contributed by atoms with Gasteiger partial charge in [0.05, 0.1) is 0 Å². The second-order valence-electron chi connectivity index (χ2n) is 4.94. The third-order valence-corrected chi connectivity index (χ3v) is 3.68. The lowest BCUT2D eigenvalue weighted by Crippen LogP contribution is -2.33. The summed E-state index contributed by atoms with van der Waals surface area (Å²) in [5.74, 6) is -0.408. The summed E-state index contributed by atoms with van der Waals surface area (Å²) in [6.45, 7) is 0.460. The molecule has 0 saturated heterocycles. The zero-order valence-corrected chi connectivity index (χ0v) is 13.6. The molecule has 22 heavy (non-hydrogen) atoms. The van der Waals surface area contributed by atoms with Crippen LogP contribution in [0.1, 0.15) is 17.4 Å². The van der Waals surface area contributed by atoms with Gasteiger partial charge in [-0.3, -0.25) is 9.78 Å². The van der Waals surface area contributed by atoms with Crippen LogP contribution < -0.4 is 0 Å². The van der Waals surface area contributed by atoms with Gasteiger partial charge in [-0.15, -0.1) is 0 Å². The number of amides is 1. The van der Waals surface area contributed by atoms with Gasteiger partial charge in [-0.25, -0.2) is 0 Å². The minimum absolute atomic E-state index is 0.380. The summed E-state index contributed by atoms with van der Waals surface area (Å²) in [6.07, 6.45) is 1.04. The SMILES string of the molecule is CN(CCc1ccccn1)C(=O)[C@H](O)c1cc(Cl)cc(Cl)c1. The lowest BCUT2D eigenvalue weighted by atomic mass is 10.1. The number of aliphatic hydroxyl groups is 1. The lowest BCUT2D eigenvalue weighted by molar-refractivity contribution is -0.139. The van der Waals surface area contributed by atoms with Crippen LogP contribution in [0.25, 0.3) is 0 Å². The van der Waals surface area contributed by atoms with Crippen molar-refractivity contribution >= 4 is 29.1 Å². The lowest BCUT2D eigenvalue weighted by Gasteiger charge is -2.21. The third-order valence-electron chi connectivity index (χ3n) is 3.24. The monoisotopic (exact) mass is 338 g/mol. The molecule has 0 aliphatic heterocycles. The van der Waals surface area contributed by atoms with Crippen molar-refractivity contribution in [3.63, 3.8) is 0 Å². The Morgan fingerprint density at radius 3 is 2.55 bits per heavy atom. The van der Waals surface area contributed by atoms with Crippen LogP contribution in [0.5, 0.6) is 0 Å². The average molecular weight is 339 g/mol. The first-order valence-electron chi connectivity index (χ1n) is 6.76. The highest BCUT2D eigenvalue weighted by atomic mass is 35.5. The maximum atomic E-state index is 12.3. The van der Waals surface area contributed by atoms with Crippen LogP contribution in [-0.4, -0.2) is 34.5 Å². The van der Waals surface area contributed by atoms with Gasteiger partial charge >= 0.3 is 0 Å². The number of nitrogens with zero attached hydrogens (tertiary/aromatic N) is 2.